The predicted molar refractivity (Wildman–Crippen MR) is 239 cm³/mol. The lowest BCUT2D eigenvalue weighted by Gasteiger charge is -2.27. The van der Waals surface area contributed by atoms with Gasteiger partial charge in [0, 0.05) is 40.5 Å². The minimum atomic E-state index is -0.00637. The summed E-state index contributed by atoms with van der Waals surface area (Å²) in [5, 5.41) is 2.37. The third kappa shape index (κ3) is 6.61. The first kappa shape index (κ1) is 36.3. The van der Waals surface area contributed by atoms with E-state index in [9.17, 15) is 0 Å². The molecule has 57 heavy (non-hydrogen) atoms. The van der Waals surface area contributed by atoms with E-state index in [1.54, 1.807) is 0 Å². The molecule has 3 heterocycles. The summed E-state index contributed by atoms with van der Waals surface area (Å²) < 4.78 is 9.02. The smallest absolute Gasteiger partial charge is 0.137 e. The summed E-state index contributed by atoms with van der Waals surface area (Å²) in [5.41, 5.74) is 12.0. The molecule has 1 aliphatic rings. The molecule has 0 saturated carbocycles. The van der Waals surface area contributed by atoms with Crippen LogP contribution in [0.4, 0.5) is 22.7 Å². The Kier molecular flexibility index (Phi) is 9.12. The summed E-state index contributed by atoms with van der Waals surface area (Å²) in [7, 11) is 0. The summed E-state index contributed by atoms with van der Waals surface area (Å²) in [6, 6.07) is 54.4. The first-order chi connectivity index (χ1) is 27.6. The lowest BCUT2D eigenvalue weighted by molar-refractivity contribution is 0.438. The molecule has 0 unspecified atom stereocenters. The van der Waals surface area contributed by atoms with Crippen molar-refractivity contribution in [2.75, 3.05) is 16.5 Å². The molecule has 6 aromatic carbocycles. The summed E-state index contributed by atoms with van der Waals surface area (Å²) in [6.07, 6.45) is 4.09. The number of para-hydroxylation sites is 3. The molecule has 0 aliphatic carbocycles. The molecule has 0 amide bonds. The van der Waals surface area contributed by atoms with Crippen molar-refractivity contribution in [3.05, 3.63) is 169 Å². The van der Waals surface area contributed by atoms with Gasteiger partial charge < -0.3 is 14.5 Å². The fourth-order valence-corrected chi connectivity index (χ4v) is 8.34. The zero-order chi connectivity index (χ0) is 39.3. The topological polar surface area (TPSA) is 33.5 Å². The van der Waals surface area contributed by atoms with Crippen molar-refractivity contribution in [2.45, 2.75) is 65.2 Å². The summed E-state index contributed by atoms with van der Waals surface area (Å²) >= 11 is 0. The SMILES string of the molecule is CCC(C)(CC)c1ccnc(-n2c3ccccc3c3ccc(Oc4cccc(N5CN(c6cc(-c7ccccc7)cc(C(C)(C)C)c6)c6ccccc65)c4)cc32)c1. The molecular weight excluding hydrogens is 697 g/mol. The second-order valence-electron chi connectivity index (χ2n) is 16.7. The molecule has 2 aromatic heterocycles. The minimum absolute atomic E-state index is 0.00637. The standard InChI is InChI=1S/C52H50N4O/c1-7-52(6,8-2)38-27-28-53-50(32-38)56-46-22-13-12-21-44(46)45-26-25-43(34-49(45)56)57-42-20-16-19-40(33-42)54-35-55(48-24-15-14-23-47(48)54)41-30-37(36-17-10-9-11-18-36)29-39(31-41)51(3,4)5/h9-34H,7-8,35H2,1-6H3. The summed E-state index contributed by atoms with van der Waals surface area (Å²) in [6.45, 7) is 14.4. The lowest BCUT2D eigenvalue weighted by Crippen LogP contribution is -2.24. The maximum absolute atomic E-state index is 6.73. The van der Waals surface area contributed by atoms with Crippen LogP contribution in [0.1, 0.15) is 65.5 Å². The van der Waals surface area contributed by atoms with E-state index in [0.717, 1.165) is 46.9 Å². The molecule has 284 valence electrons. The number of hydrogen-bond donors (Lipinski definition) is 0. The summed E-state index contributed by atoms with van der Waals surface area (Å²) in [4.78, 5) is 9.75. The van der Waals surface area contributed by atoms with Gasteiger partial charge in [-0.15, -0.1) is 0 Å². The highest BCUT2D eigenvalue weighted by molar-refractivity contribution is 6.09. The Bertz CT molecular complexity index is 2740. The quantitative estimate of drug-likeness (QED) is 0.147. The number of pyridine rings is 1. The average Bonchev–Trinajstić information content (AvgIpc) is 3.79. The van der Waals surface area contributed by atoms with Gasteiger partial charge in [-0.2, -0.15) is 0 Å². The third-order valence-corrected chi connectivity index (χ3v) is 12.2. The van der Waals surface area contributed by atoms with Crippen LogP contribution in [0.2, 0.25) is 0 Å². The van der Waals surface area contributed by atoms with Gasteiger partial charge in [0.05, 0.1) is 22.4 Å². The number of benzene rings is 6. The molecule has 0 bridgehead atoms. The Morgan fingerprint density at radius 1 is 0.544 bits per heavy atom. The van der Waals surface area contributed by atoms with E-state index < -0.39 is 0 Å². The molecule has 5 heteroatoms. The van der Waals surface area contributed by atoms with Gasteiger partial charge >= 0.3 is 0 Å². The highest BCUT2D eigenvalue weighted by Crippen LogP contribution is 2.46. The molecule has 0 saturated heterocycles. The fourth-order valence-electron chi connectivity index (χ4n) is 8.34. The molecule has 0 spiro atoms. The second-order valence-corrected chi connectivity index (χ2v) is 16.7. The van der Waals surface area contributed by atoms with E-state index >= 15 is 0 Å². The van der Waals surface area contributed by atoms with Gasteiger partial charge in [0.2, 0.25) is 0 Å². The highest BCUT2D eigenvalue weighted by atomic mass is 16.5. The molecule has 9 rings (SSSR count). The van der Waals surface area contributed by atoms with Gasteiger partial charge in [-0.05, 0) is 113 Å². The maximum Gasteiger partial charge on any atom is 0.137 e. The van der Waals surface area contributed by atoms with Crippen molar-refractivity contribution in [1.29, 1.82) is 0 Å². The number of fused-ring (bicyclic) bond motifs is 4. The maximum atomic E-state index is 6.73. The molecular formula is C52H50N4O. The number of ether oxygens (including phenoxy) is 1. The molecule has 0 N–H and O–H groups in total. The highest BCUT2D eigenvalue weighted by Gasteiger charge is 2.30. The Balaban J connectivity index is 1.07. The summed E-state index contributed by atoms with van der Waals surface area (Å²) in [5.74, 6) is 2.49. The van der Waals surface area contributed by atoms with Crippen molar-refractivity contribution in [1.82, 2.24) is 9.55 Å². The average molecular weight is 747 g/mol. The van der Waals surface area contributed by atoms with Crippen LogP contribution >= 0.6 is 0 Å². The third-order valence-electron chi connectivity index (χ3n) is 12.2. The zero-order valence-electron chi connectivity index (χ0n) is 33.8. The van der Waals surface area contributed by atoms with Crippen LogP contribution in [-0.2, 0) is 10.8 Å². The Morgan fingerprint density at radius 3 is 1.98 bits per heavy atom. The second kappa shape index (κ2) is 14.3. The number of nitrogens with zero attached hydrogens (tertiary/aromatic N) is 4. The fraction of sp³-hybridized carbons (Fsp3) is 0.212. The van der Waals surface area contributed by atoms with E-state index in [-0.39, 0.29) is 10.8 Å². The normalized spacial score (nSPS) is 13.1. The minimum Gasteiger partial charge on any atom is -0.457 e. The van der Waals surface area contributed by atoms with E-state index in [1.807, 2.05) is 12.3 Å². The zero-order valence-corrected chi connectivity index (χ0v) is 33.8. The molecule has 1 aliphatic heterocycles. The molecule has 5 nitrogen and oxygen atoms in total. The Morgan fingerprint density at radius 2 is 1.23 bits per heavy atom. The van der Waals surface area contributed by atoms with Crippen LogP contribution in [0.15, 0.2) is 158 Å². The van der Waals surface area contributed by atoms with E-state index in [1.165, 1.54) is 50.1 Å². The van der Waals surface area contributed by atoms with Gasteiger partial charge in [-0.25, -0.2) is 4.98 Å². The van der Waals surface area contributed by atoms with Gasteiger partial charge in [0.25, 0.3) is 0 Å². The van der Waals surface area contributed by atoms with E-state index in [0.29, 0.717) is 6.67 Å². The molecule has 0 fully saturated rings. The van der Waals surface area contributed by atoms with Gasteiger partial charge in [0.1, 0.15) is 24.0 Å². The van der Waals surface area contributed by atoms with Crippen LogP contribution in [0.25, 0.3) is 38.8 Å². The van der Waals surface area contributed by atoms with E-state index in [4.69, 9.17) is 9.72 Å². The van der Waals surface area contributed by atoms with Crippen LogP contribution in [0.3, 0.4) is 0 Å². The number of anilines is 4. The number of aromatic nitrogens is 2. The largest absolute Gasteiger partial charge is 0.457 e. The van der Waals surface area contributed by atoms with Crippen molar-refractivity contribution >= 4 is 44.6 Å². The van der Waals surface area contributed by atoms with Gasteiger partial charge in [0.15, 0.2) is 0 Å². The number of rotatable bonds is 9. The number of hydrogen-bond acceptors (Lipinski definition) is 4. The van der Waals surface area contributed by atoms with Crippen LogP contribution in [0.5, 0.6) is 11.5 Å². The first-order valence-electron chi connectivity index (χ1n) is 20.3. The Hall–Kier alpha value is -6.33. The van der Waals surface area contributed by atoms with Crippen molar-refractivity contribution in [3.63, 3.8) is 0 Å². The van der Waals surface area contributed by atoms with Crippen molar-refractivity contribution in [2.24, 2.45) is 0 Å². The monoisotopic (exact) mass is 746 g/mol. The molecule has 8 aromatic rings. The lowest BCUT2D eigenvalue weighted by atomic mass is 9.78. The van der Waals surface area contributed by atoms with E-state index in [2.05, 4.69) is 202 Å². The molecule has 0 radical (unpaired) electrons. The van der Waals surface area contributed by atoms with Crippen LogP contribution in [-0.4, -0.2) is 16.2 Å². The van der Waals surface area contributed by atoms with Gasteiger partial charge in [-0.1, -0.05) is 114 Å². The van der Waals surface area contributed by atoms with Crippen LogP contribution < -0.4 is 14.5 Å². The first-order valence-corrected chi connectivity index (χ1v) is 20.3. The van der Waals surface area contributed by atoms with Crippen molar-refractivity contribution < 1.29 is 4.74 Å². The van der Waals surface area contributed by atoms with Gasteiger partial charge in [-0.3, -0.25) is 4.57 Å². The molecule has 0 atom stereocenters. The van der Waals surface area contributed by atoms with Crippen molar-refractivity contribution in [3.8, 4) is 28.4 Å². The Labute approximate surface area is 336 Å². The predicted octanol–water partition coefficient (Wildman–Crippen LogP) is 14.3. The van der Waals surface area contributed by atoms with Crippen LogP contribution in [0, 0.1) is 0 Å².